The lowest BCUT2D eigenvalue weighted by Gasteiger charge is -1.97. The summed E-state index contributed by atoms with van der Waals surface area (Å²) in [6, 6.07) is 0. The smallest absolute Gasteiger partial charge is 0.402 e. The van der Waals surface area contributed by atoms with Gasteiger partial charge in [-0.3, -0.25) is 0 Å². The number of hydrogen-bond acceptors (Lipinski definition) is 6. The summed E-state index contributed by atoms with van der Waals surface area (Å²) in [5, 5.41) is 21.5. The molecule has 0 unspecified atom stereocenters. The van der Waals surface area contributed by atoms with E-state index in [2.05, 4.69) is 45.6 Å². The number of hydrogen-bond donors (Lipinski definition) is 4. The molecule has 0 aromatic rings. The van der Waals surface area contributed by atoms with Gasteiger partial charge in [0, 0.05) is 5.75 Å². The van der Waals surface area contributed by atoms with Gasteiger partial charge >= 0.3 is 7.32 Å². The normalized spacial score (nSPS) is 9.79. The van der Waals surface area contributed by atoms with Crippen molar-refractivity contribution < 1.29 is 15.1 Å². The molecule has 3 N–H and O–H groups in total. The van der Waals surface area contributed by atoms with Crippen LogP contribution in [0, 0.1) is 0 Å². The lowest BCUT2D eigenvalue weighted by molar-refractivity contribution is 0.278. The molecule has 0 aliphatic rings. The van der Waals surface area contributed by atoms with E-state index in [9.17, 15) is 0 Å². The minimum Gasteiger partial charge on any atom is -0.402 e. The van der Waals surface area contributed by atoms with Gasteiger partial charge in [0.05, 0.1) is 0 Å². The van der Waals surface area contributed by atoms with Crippen LogP contribution in [0.5, 0.6) is 0 Å². The SMILES string of the molecule is CCCCCCCCCC.CCCCCCCCSC.CCCCCCCCSS.OB(O)O. The third kappa shape index (κ3) is 69.8. The molecule has 3 nitrogen and oxygen atoms in total. The predicted molar refractivity (Wildman–Crippen MR) is 167 cm³/mol. The zero-order valence-corrected chi connectivity index (χ0v) is 26.3. The maximum atomic E-state index is 7.17. The van der Waals surface area contributed by atoms with Crippen molar-refractivity contribution >= 4 is 41.5 Å². The van der Waals surface area contributed by atoms with Gasteiger partial charge in [0.1, 0.15) is 0 Å². The molecule has 0 radical (unpaired) electrons. The van der Waals surface area contributed by atoms with Crippen LogP contribution in [0.25, 0.3) is 0 Å². The highest BCUT2D eigenvalue weighted by molar-refractivity contribution is 8.68. The average molecular weight is 543 g/mol. The van der Waals surface area contributed by atoms with Crippen molar-refractivity contribution in [1.29, 1.82) is 0 Å². The number of thiol groups is 1. The molecule has 0 aromatic carbocycles. The van der Waals surface area contributed by atoms with Crippen molar-refractivity contribution in [2.24, 2.45) is 0 Å². The first-order chi connectivity index (χ1) is 16.5. The summed E-state index contributed by atoms with van der Waals surface area (Å²) >= 11 is 6.05. The van der Waals surface area contributed by atoms with Gasteiger partial charge in [0.2, 0.25) is 0 Å². The van der Waals surface area contributed by atoms with Crippen molar-refractivity contribution in [1.82, 2.24) is 0 Å². The summed E-state index contributed by atoms with van der Waals surface area (Å²) < 4.78 is 0. The molecule has 0 amide bonds. The second kappa shape index (κ2) is 47.2. The van der Waals surface area contributed by atoms with Gasteiger partial charge in [-0.1, -0.05) is 154 Å². The van der Waals surface area contributed by atoms with Crippen LogP contribution in [0.2, 0.25) is 0 Å². The molecule has 0 fully saturated rings. The zero-order valence-electron chi connectivity index (χ0n) is 23.7. The van der Waals surface area contributed by atoms with Crippen LogP contribution in [0.15, 0.2) is 0 Å². The van der Waals surface area contributed by atoms with Crippen LogP contribution in [0.1, 0.15) is 156 Å². The Morgan fingerprint density at radius 1 is 0.471 bits per heavy atom. The zero-order chi connectivity index (χ0) is 26.5. The molecular weight excluding hydrogens is 479 g/mol. The Morgan fingerprint density at radius 2 is 0.706 bits per heavy atom. The highest BCUT2D eigenvalue weighted by atomic mass is 33.1. The maximum Gasteiger partial charge on any atom is 0.631 e. The molecule has 0 rings (SSSR count). The van der Waals surface area contributed by atoms with Gasteiger partial charge in [0.25, 0.3) is 0 Å². The fourth-order valence-electron chi connectivity index (χ4n) is 3.18. The molecule has 0 saturated heterocycles. The fraction of sp³-hybridized carbons (Fsp3) is 1.00. The Bertz CT molecular complexity index is 225. The lowest BCUT2D eigenvalue weighted by atomic mass is 10.1. The van der Waals surface area contributed by atoms with E-state index in [-0.39, 0.29) is 0 Å². The summed E-state index contributed by atoms with van der Waals surface area (Å²) in [7, 11) is -0.507. The molecule has 7 heteroatoms. The van der Waals surface area contributed by atoms with E-state index >= 15 is 0 Å². The standard InChI is InChI=1S/C10H22.C9H20S.C8H18S2.BH3O3/c1-3-5-7-9-10-8-6-4-2;1-3-4-5-6-7-8-9-10-2;1-2-3-4-5-6-7-8-10-9;2-1(3)4/h3-10H2,1-2H3;3-9H2,1-2H3;9H,2-8H2,1H3;2-4H. The van der Waals surface area contributed by atoms with Crippen LogP contribution in [0.3, 0.4) is 0 Å². The molecule has 210 valence electrons. The second-order valence-electron chi connectivity index (χ2n) is 8.83. The average Bonchev–Trinajstić information content (AvgIpc) is 2.81. The van der Waals surface area contributed by atoms with Crippen molar-refractivity contribution in [2.75, 3.05) is 17.8 Å². The first kappa shape index (κ1) is 42.1. The molecule has 0 aromatic heterocycles. The Balaban J connectivity index is -0.000000184. The maximum absolute atomic E-state index is 7.17. The van der Waals surface area contributed by atoms with Crippen molar-refractivity contribution in [3.63, 3.8) is 0 Å². The molecule has 0 saturated carbocycles. The van der Waals surface area contributed by atoms with Crippen LogP contribution < -0.4 is 0 Å². The van der Waals surface area contributed by atoms with Gasteiger partial charge in [0.15, 0.2) is 0 Å². The van der Waals surface area contributed by atoms with E-state index in [1.165, 1.54) is 140 Å². The summed E-state index contributed by atoms with van der Waals surface area (Å²) in [5.74, 6) is 2.57. The van der Waals surface area contributed by atoms with Gasteiger partial charge < -0.3 is 15.1 Å². The van der Waals surface area contributed by atoms with E-state index in [0.717, 1.165) is 0 Å². The minimum atomic E-state index is -2.17. The number of rotatable bonds is 21. The summed E-state index contributed by atoms with van der Waals surface area (Å²) in [6.45, 7) is 9.06. The van der Waals surface area contributed by atoms with E-state index in [4.69, 9.17) is 15.1 Å². The topological polar surface area (TPSA) is 60.7 Å². The molecule has 0 aliphatic carbocycles. The third-order valence-corrected chi connectivity index (χ3v) is 6.96. The second-order valence-corrected chi connectivity index (χ2v) is 11.3. The summed E-state index contributed by atoms with van der Waals surface area (Å²) in [4.78, 5) is 0. The third-order valence-electron chi connectivity index (χ3n) is 5.25. The van der Waals surface area contributed by atoms with Crippen LogP contribution >= 0.6 is 34.2 Å². The van der Waals surface area contributed by atoms with Crippen molar-refractivity contribution in [3.8, 4) is 0 Å². The summed E-state index contributed by atoms with van der Waals surface area (Å²) in [5.41, 5.74) is 0. The van der Waals surface area contributed by atoms with Gasteiger partial charge in [-0.25, -0.2) is 0 Å². The van der Waals surface area contributed by atoms with E-state index in [0.29, 0.717) is 0 Å². The Labute approximate surface area is 229 Å². The van der Waals surface area contributed by atoms with Crippen molar-refractivity contribution in [3.05, 3.63) is 0 Å². The first-order valence-electron chi connectivity index (χ1n) is 14.3. The van der Waals surface area contributed by atoms with Gasteiger partial charge in [-0.2, -0.15) is 11.8 Å². The quantitative estimate of drug-likeness (QED) is 0.0503. The highest BCUT2D eigenvalue weighted by Crippen LogP contribution is 2.11. The fourth-order valence-corrected chi connectivity index (χ4v) is 4.39. The summed E-state index contributed by atoms with van der Waals surface area (Å²) in [6.07, 6.45) is 30.6. The number of thioether (sulfide) groups is 1. The molecule has 34 heavy (non-hydrogen) atoms. The van der Waals surface area contributed by atoms with Crippen LogP contribution in [0.4, 0.5) is 0 Å². The molecule has 0 bridgehead atoms. The molecule has 0 spiro atoms. The number of unbranched alkanes of at least 4 members (excludes halogenated alkanes) is 17. The molecule has 0 aliphatic heterocycles. The van der Waals surface area contributed by atoms with Gasteiger partial charge in [-0.05, 0) is 24.9 Å². The minimum absolute atomic E-state index is 1.22. The monoisotopic (exact) mass is 542 g/mol. The lowest BCUT2D eigenvalue weighted by Crippen LogP contribution is -2.07. The van der Waals surface area contributed by atoms with Crippen LogP contribution in [-0.4, -0.2) is 40.2 Å². The molecular formula is C27H63BO3S3. The Hall–Kier alpha value is 0.995. The Morgan fingerprint density at radius 3 is 0.941 bits per heavy atom. The van der Waals surface area contributed by atoms with Crippen LogP contribution in [-0.2, 0) is 0 Å². The van der Waals surface area contributed by atoms with E-state index < -0.39 is 7.32 Å². The van der Waals surface area contributed by atoms with Gasteiger partial charge in [-0.15, -0.1) is 11.7 Å². The molecule has 0 heterocycles. The first-order valence-corrected chi connectivity index (χ1v) is 17.7. The highest BCUT2D eigenvalue weighted by Gasteiger charge is 1.93. The van der Waals surface area contributed by atoms with Crippen molar-refractivity contribution in [2.45, 2.75) is 156 Å². The molecule has 0 atom stereocenters. The largest absolute Gasteiger partial charge is 0.631 e. The predicted octanol–water partition coefficient (Wildman–Crippen LogP) is 9.73. The van der Waals surface area contributed by atoms with E-state index in [1.54, 1.807) is 10.8 Å². The Kier molecular flexibility index (Phi) is 58.5. The van der Waals surface area contributed by atoms with E-state index in [1.807, 2.05) is 11.8 Å².